The van der Waals surface area contributed by atoms with Gasteiger partial charge in [-0.2, -0.15) is 13.2 Å². The standard InChI is InChI=1S/C17H17F3N4O/c1-15(9-25-16(2,14(21)24-15)17(18,19)20)13-5-3-4-11(6-13)12-7-22-10-23-8-12/h3-8,10H,9H2,1-2H3,(H2,21,24). The number of aliphatic imine (C=N–C) groups is 1. The Morgan fingerprint density at radius 3 is 2.40 bits per heavy atom. The van der Waals surface area contributed by atoms with Crippen molar-refractivity contribution in [1.29, 1.82) is 0 Å². The topological polar surface area (TPSA) is 73.4 Å². The minimum atomic E-state index is -4.63. The van der Waals surface area contributed by atoms with Crippen molar-refractivity contribution >= 4 is 5.84 Å². The number of aromatic nitrogens is 2. The SMILES string of the molecule is CC1(c2cccc(-c3cncnc3)c2)COC(C)(C(F)(F)F)C(N)=N1. The van der Waals surface area contributed by atoms with Gasteiger partial charge >= 0.3 is 6.18 Å². The zero-order valence-corrected chi connectivity index (χ0v) is 13.7. The first-order chi connectivity index (χ1) is 11.7. The normalized spacial score (nSPS) is 27.0. The first-order valence-corrected chi connectivity index (χ1v) is 7.58. The number of nitrogens with two attached hydrogens (primary N) is 1. The fraction of sp³-hybridized carbons (Fsp3) is 0.353. The molecule has 5 nitrogen and oxygen atoms in total. The van der Waals surface area contributed by atoms with Gasteiger partial charge < -0.3 is 10.5 Å². The lowest BCUT2D eigenvalue weighted by atomic mass is 9.88. The van der Waals surface area contributed by atoms with Crippen LogP contribution in [0, 0.1) is 0 Å². The molecule has 132 valence electrons. The molecule has 2 unspecified atom stereocenters. The van der Waals surface area contributed by atoms with Crippen LogP contribution in [0.2, 0.25) is 0 Å². The molecular formula is C17H17F3N4O. The fourth-order valence-corrected chi connectivity index (χ4v) is 2.62. The minimum absolute atomic E-state index is 0.238. The maximum absolute atomic E-state index is 13.2. The van der Waals surface area contributed by atoms with Gasteiger partial charge in [0.25, 0.3) is 0 Å². The molecule has 8 heteroatoms. The quantitative estimate of drug-likeness (QED) is 0.903. The van der Waals surface area contributed by atoms with Crippen molar-refractivity contribution in [2.24, 2.45) is 10.7 Å². The Labute approximate surface area is 142 Å². The number of ether oxygens (including phenoxy) is 1. The van der Waals surface area contributed by atoms with Crippen molar-refractivity contribution in [2.45, 2.75) is 31.2 Å². The molecular weight excluding hydrogens is 333 g/mol. The summed E-state index contributed by atoms with van der Waals surface area (Å²) in [5.74, 6) is -0.581. The third-order valence-electron chi connectivity index (χ3n) is 4.42. The second kappa shape index (κ2) is 5.80. The highest BCUT2D eigenvalue weighted by atomic mass is 19.4. The van der Waals surface area contributed by atoms with Gasteiger partial charge in [-0.3, -0.25) is 4.99 Å². The van der Waals surface area contributed by atoms with E-state index in [4.69, 9.17) is 10.5 Å². The molecule has 1 aromatic heterocycles. The van der Waals surface area contributed by atoms with Crippen LogP contribution in [0.25, 0.3) is 11.1 Å². The molecule has 1 aliphatic rings. The monoisotopic (exact) mass is 350 g/mol. The Bertz CT molecular complexity index is 809. The Hall–Kier alpha value is -2.48. The summed E-state index contributed by atoms with van der Waals surface area (Å²) in [6, 6.07) is 7.27. The summed E-state index contributed by atoms with van der Waals surface area (Å²) < 4.78 is 44.8. The van der Waals surface area contributed by atoms with Crippen molar-refractivity contribution in [2.75, 3.05) is 6.61 Å². The van der Waals surface area contributed by atoms with Crippen LogP contribution in [-0.2, 0) is 10.3 Å². The van der Waals surface area contributed by atoms with Gasteiger partial charge in [-0.05, 0) is 31.0 Å². The third kappa shape index (κ3) is 2.97. The smallest absolute Gasteiger partial charge is 0.385 e. The highest BCUT2D eigenvalue weighted by Gasteiger charge is 2.58. The molecule has 25 heavy (non-hydrogen) atoms. The molecule has 2 N–H and O–H groups in total. The zero-order chi connectivity index (χ0) is 18.3. The van der Waals surface area contributed by atoms with E-state index >= 15 is 0 Å². The number of nitrogens with zero attached hydrogens (tertiary/aromatic N) is 3. The van der Waals surface area contributed by atoms with Crippen molar-refractivity contribution in [1.82, 2.24) is 9.97 Å². The molecule has 0 amide bonds. The van der Waals surface area contributed by atoms with Gasteiger partial charge in [-0.15, -0.1) is 0 Å². The molecule has 2 heterocycles. The van der Waals surface area contributed by atoms with E-state index in [9.17, 15) is 13.2 Å². The lowest BCUT2D eigenvalue weighted by Crippen LogP contribution is -2.60. The van der Waals surface area contributed by atoms with E-state index in [1.54, 1.807) is 31.5 Å². The van der Waals surface area contributed by atoms with Crippen molar-refractivity contribution in [3.63, 3.8) is 0 Å². The van der Waals surface area contributed by atoms with E-state index in [0.29, 0.717) is 5.56 Å². The zero-order valence-electron chi connectivity index (χ0n) is 13.7. The summed E-state index contributed by atoms with van der Waals surface area (Å²) in [5, 5.41) is 0. The maximum Gasteiger partial charge on any atom is 0.424 e. The van der Waals surface area contributed by atoms with Gasteiger partial charge in [-0.25, -0.2) is 9.97 Å². The number of amidine groups is 1. The summed E-state index contributed by atoms with van der Waals surface area (Å²) in [5.41, 5.74) is 4.38. The third-order valence-corrected chi connectivity index (χ3v) is 4.42. The van der Waals surface area contributed by atoms with Crippen LogP contribution in [0.1, 0.15) is 19.4 Å². The lowest BCUT2D eigenvalue weighted by Gasteiger charge is -2.41. The van der Waals surface area contributed by atoms with Crippen molar-refractivity contribution in [3.05, 3.63) is 48.5 Å². The summed E-state index contributed by atoms with van der Waals surface area (Å²) in [6.45, 7) is 2.35. The molecule has 0 saturated heterocycles. The second-order valence-corrected chi connectivity index (χ2v) is 6.30. The minimum Gasteiger partial charge on any atom is -0.385 e. The van der Waals surface area contributed by atoms with E-state index in [0.717, 1.165) is 18.1 Å². The van der Waals surface area contributed by atoms with E-state index in [2.05, 4.69) is 15.0 Å². The predicted octanol–water partition coefficient (Wildman–Crippen LogP) is 3.07. The first kappa shape index (κ1) is 17.3. The average Bonchev–Trinajstić information content (AvgIpc) is 2.58. The second-order valence-electron chi connectivity index (χ2n) is 6.30. The number of rotatable bonds is 2. The molecule has 0 spiro atoms. The molecule has 3 rings (SSSR count). The molecule has 0 saturated carbocycles. The van der Waals surface area contributed by atoms with Gasteiger partial charge in [0, 0.05) is 18.0 Å². The fourth-order valence-electron chi connectivity index (χ4n) is 2.62. The van der Waals surface area contributed by atoms with Crippen molar-refractivity contribution in [3.8, 4) is 11.1 Å². The molecule has 0 aliphatic carbocycles. The lowest BCUT2D eigenvalue weighted by molar-refractivity contribution is -0.249. The van der Waals surface area contributed by atoms with Crippen LogP contribution < -0.4 is 5.73 Å². The van der Waals surface area contributed by atoms with Gasteiger partial charge in [0.2, 0.25) is 5.60 Å². The molecule has 1 aliphatic heterocycles. The van der Waals surface area contributed by atoms with Crippen LogP contribution in [0.4, 0.5) is 13.2 Å². The van der Waals surface area contributed by atoms with Gasteiger partial charge in [0.1, 0.15) is 17.7 Å². The van der Waals surface area contributed by atoms with Crippen LogP contribution >= 0.6 is 0 Å². The molecule has 2 aromatic rings. The van der Waals surface area contributed by atoms with E-state index in [-0.39, 0.29) is 6.61 Å². The van der Waals surface area contributed by atoms with Crippen LogP contribution in [-0.4, -0.2) is 34.2 Å². The molecule has 0 bridgehead atoms. The maximum atomic E-state index is 13.2. The highest BCUT2D eigenvalue weighted by molar-refractivity contribution is 5.90. The van der Waals surface area contributed by atoms with Gasteiger partial charge in [-0.1, -0.05) is 18.2 Å². The van der Waals surface area contributed by atoms with Crippen LogP contribution in [0.5, 0.6) is 0 Å². The Kier molecular flexibility index (Phi) is 4.03. The molecule has 0 radical (unpaired) electrons. The van der Waals surface area contributed by atoms with E-state index in [1.165, 1.54) is 6.33 Å². The Balaban J connectivity index is 2.00. The number of alkyl halides is 3. The summed E-state index contributed by atoms with van der Waals surface area (Å²) in [7, 11) is 0. The molecule has 1 aromatic carbocycles. The largest absolute Gasteiger partial charge is 0.424 e. The Morgan fingerprint density at radius 2 is 1.80 bits per heavy atom. The predicted molar refractivity (Wildman–Crippen MR) is 86.9 cm³/mol. The molecule has 0 fully saturated rings. The van der Waals surface area contributed by atoms with Gasteiger partial charge in [0.05, 0.1) is 6.61 Å². The van der Waals surface area contributed by atoms with Crippen LogP contribution in [0.15, 0.2) is 48.0 Å². The summed E-state index contributed by atoms with van der Waals surface area (Å²) >= 11 is 0. The Morgan fingerprint density at radius 1 is 1.12 bits per heavy atom. The van der Waals surface area contributed by atoms with E-state index < -0.39 is 23.2 Å². The summed E-state index contributed by atoms with van der Waals surface area (Å²) in [6.07, 6.45) is 0.103. The first-order valence-electron chi connectivity index (χ1n) is 7.58. The number of hydrogen-bond donors (Lipinski definition) is 1. The highest BCUT2D eigenvalue weighted by Crippen LogP contribution is 2.41. The van der Waals surface area contributed by atoms with E-state index in [1.807, 2.05) is 12.1 Å². The average molecular weight is 350 g/mol. The number of halogens is 3. The van der Waals surface area contributed by atoms with Crippen molar-refractivity contribution < 1.29 is 17.9 Å². The van der Waals surface area contributed by atoms with Gasteiger partial charge in [0.15, 0.2) is 0 Å². The van der Waals surface area contributed by atoms with Crippen LogP contribution in [0.3, 0.4) is 0 Å². The number of hydrogen-bond acceptors (Lipinski definition) is 5. The molecule has 2 atom stereocenters. The number of benzene rings is 1. The summed E-state index contributed by atoms with van der Waals surface area (Å²) in [4.78, 5) is 12.1.